The average Bonchev–Trinajstić information content (AvgIpc) is 2.33. The lowest BCUT2D eigenvalue weighted by molar-refractivity contribution is 0.282. The number of nitrogens with one attached hydrogen (secondary N) is 1. The van der Waals surface area contributed by atoms with Gasteiger partial charge < -0.3 is 5.11 Å². The van der Waals surface area contributed by atoms with E-state index in [0.29, 0.717) is 19.0 Å². The molecular weight excluding hydrogens is 264 g/mol. The van der Waals surface area contributed by atoms with Gasteiger partial charge in [0.25, 0.3) is 0 Å². The summed E-state index contributed by atoms with van der Waals surface area (Å²) in [6.45, 7) is 4.95. The molecule has 1 unspecified atom stereocenters. The molecule has 0 saturated carbocycles. The van der Waals surface area contributed by atoms with Crippen LogP contribution in [-0.2, 0) is 10.2 Å². The van der Waals surface area contributed by atoms with Gasteiger partial charge in [-0.1, -0.05) is 13.0 Å². The van der Waals surface area contributed by atoms with E-state index in [1.165, 1.54) is 10.4 Å². The molecule has 0 amide bonds. The van der Waals surface area contributed by atoms with Crippen LogP contribution in [0.3, 0.4) is 0 Å². The molecule has 19 heavy (non-hydrogen) atoms. The van der Waals surface area contributed by atoms with Gasteiger partial charge in [0, 0.05) is 13.1 Å². The normalized spacial score (nSPS) is 21.3. The second-order valence-corrected chi connectivity index (χ2v) is 6.90. The molecule has 6 heteroatoms. The zero-order valence-corrected chi connectivity index (χ0v) is 12.1. The van der Waals surface area contributed by atoms with Gasteiger partial charge in [-0.2, -0.15) is 12.7 Å². The average molecular weight is 284 g/mol. The van der Waals surface area contributed by atoms with Crippen molar-refractivity contribution in [1.82, 2.24) is 4.31 Å². The Morgan fingerprint density at radius 3 is 2.79 bits per heavy atom. The van der Waals surface area contributed by atoms with Crippen molar-refractivity contribution >= 4 is 15.9 Å². The molecule has 0 aromatic heterocycles. The summed E-state index contributed by atoms with van der Waals surface area (Å²) in [5, 5.41) is 9.76. The molecule has 0 spiro atoms. The SMILES string of the molecule is Cc1ccc(NS(=O)(=O)N2CCCC(C)C2)c(O)c1. The molecule has 2 rings (SSSR count). The fourth-order valence-corrected chi connectivity index (χ4v) is 3.70. The number of piperidine rings is 1. The highest BCUT2D eigenvalue weighted by Gasteiger charge is 2.27. The van der Waals surface area contributed by atoms with Gasteiger partial charge in [0.15, 0.2) is 0 Å². The van der Waals surface area contributed by atoms with Crippen molar-refractivity contribution < 1.29 is 13.5 Å². The van der Waals surface area contributed by atoms with Crippen molar-refractivity contribution in [3.05, 3.63) is 23.8 Å². The first-order valence-electron chi connectivity index (χ1n) is 6.46. The maximum absolute atomic E-state index is 12.2. The zero-order chi connectivity index (χ0) is 14.0. The Morgan fingerprint density at radius 1 is 1.42 bits per heavy atom. The number of rotatable bonds is 3. The lowest BCUT2D eigenvalue weighted by atomic mass is 10.0. The molecule has 5 nitrogen and oxygen atoms in total. The van der Waals surface area contributed by atoms with Crippen molar-refractivity contribution in [3.8, 4) is 5.75 Å². The number of benzene rings is 1. The van der Waals surface area contributed by atoms with E-state index in [9.17, 15) is 13.5 Å². The van der Waals surface area contributed by atoms with Crippen LogP contribution in [0.5, 0.6) is 5.75 Å². The van der Waals surface area contributed by atoms with Crippen LogP contribution in [-0.4, -0.2) is 30.9 Å². The molecule has 106 valence electrons. The van der Waals surface area contributed by atoms with E-state index in [2.05, 4.69) is 4.72 Å². The minimum Gasteiger partial charge on any atom is -0.506 e. The van der Waals surface area contributed by atoms with Gasteiger partial charge in [-0.3, -0.25) is 4.72 Å². The van der Waals surface area contributed by atoms with Gasteiger partial charge in [-0.25, -0.2) is 0 Å². The summed E-state index contributed by atoms with van der Waals surface area (Å²) in [5.41, 5.74) is 1.11. The van der Waals surface area contributed by atoms with E-state index in [4.69, 9.17) is 0 Å². The lowest BCUT2D eigenvalue weighted by Gasteiger charge is -2.30. The van der Waals surface area contributed by atoms with Crippen molar-refractivity contribution in [2.75, 3.05) is 17.8 Å². The summed E-state index contributed by atoms with van der Waals surface area (Å²) in [6, 6.07) is 4.88. The quantitative estimate of drug-likeness (QED) is 0.835. The van der Waals surface area contributed by atoms with Gasteiger partial charge in [-0.05, 0) is 43.4 Å². The molecule has 1 fully saturated rings. The third-order valence-electron chi connectivity index (χ3n) is 3.35. The summed E-state index contributed by atoms with van der Waals surface area (Å²) < 4.78 is 28.4. The smallest absolute Gasteiger partial charge is 0.301 e. The maximum atomic E-state index is 12.2. The van der Waals surface area contributed by atoms with Crippen LogP contribution in [0.25, 0.3) is 0 Å². The van der Waals surface area contributed by atoms with E-state index >= 15 is 0 Å². The fraction of sp³-hybridized carbons (Fsp3) is 0.538. The Morgan fingerprint density at radius 2 is 2.16 bits per heavy atom. The van der Waals surface area contributed by atoms with Gasteiger partial charge in [0.2, 0.25) is 0 Å². The predicted molar refractivity (Wildman–Crippen MR) is 75.4 cm³/mol. The summed E-state index contributed by atoms with van der Waals surface area (Å²) >= 11 is 0. The standard InChI is InChI=1S/C13H20N2O3S/c1-10-5-6-12(13(16)8-10)14-19(17,18)15-7-3-4-11(2)9-15/h5-6,8,11,14,16H,3-4,7,9H2,1-2H3. The molecule has 1 aliphatic heterocycles. The van der Waals surface area contributed by atoms with Crippen molar-refractivity contribution in [1.29, 1.82) is 0 Å². The van der Waals surface area contributed by atoms with E-state index in [1.807, 2.05) is 13.8 Å². The molecule has 1 heterocycles. The van der Waals surface area contributed by atoms with Gasteiger partial charge in [0.05, 0.1) is 5.69 Å². The highest BCUT2D eigenvalue weighted by atomic mass is 32.2. The minimum absolute atomic E-state index is 0.0476. The number of hydrogen-bond donors (Lipinski definition) is 2. The Bertz CT molecular complexity index is 557. The third-order valence-corrected chi connectivity index (χ3v) is 4.84. The molecule has 0 aliphatic carbocycles. The molecule has 1 aromatic carbocycles. The number of aryl methyl sites for hydroxylation is 1. The number of phenolic OH excluding ortho intramolecular Hbond substituents is 1. The molecular formula is C13H20N2O3S. The molecule has 2 N–H and O–H groups in total. The lowest BCUT2D eigenvalue weighted by Crippen LogP contribution is -2.42. The van der Waals surface area contributed by atoms with Crippen molar-refractivity contribution in [3.63, 3.8) is 0 Å². The van der Waals surface area contributed by atoms with E-state index in [0.717, 1.165) is 18.4 Å². The van der Waals surface area contributed by atoms with Gasteiger partial charge in [0.1, 0.15) is 5.75 Å². The molecule has 1 aromatic rings. The minimum atomic E-state index is -3.58. The van der Waals surface area contributed by atoms with Gasteiger partial charge >= 0.3 is 10.2 Å². The zero-order valence-electron chi connectivity index (χ0n) is 11.3. The first kappa shape index (κ1) is 14.1. The number of anilines is 1. The second-order valence-electron chi connectivity index (χ2n) is 5.23. The fourth-order valence-electron chi connectivity index (χ4n) is 2.30. The molecule has 0 radical (unpaired) electrons. The Kier molecular flexibility index (Phi) is 4.01. The highest BCUT2D eigenvalue weighted by molar-refractivity contribution is 7.90. The first-order chi connectivity index (χ1) is 8.88. The Hall–Kier alpha value is -1.27. The Labute approximate surface area is 114 Å². The highest BCUT2D eigenvalue weighted by Crippen LogP contribution is 2.27. The van der Waals surface area contributed by atoms with Gasteiger partial charge in [-0.15, -0.1) is 0 Å². The molecule has 1 saturated heterocycles. The molecule has 1 aliphatic rings. The number of phenols is 1. The van der Waals surface area contributed by atoms with Crippen LogP contribution in [0.15, 0.2) is 18.2 Å². The summed E-state index contributed by atoms with van der Waals surface area (Å²) in [7, 11) is -3.58. The topological polar surface area (TPSA) is 69.6 Å². The van der Waals surface area contributed by atoms with E-state index in [1.54, 1.807) is 12.1 Å². The number of aromatic hydroxyl groups is 1. The predicted octanol–water partition coefficient (Wildman–Crippen LogP) is 2.09. The number of nitrogens with zero attached hydrogens (tertiary/aromatic N) is 1. The first-order valence-corrected chi connectivity index (χ1v) is 7.90. The van der Waals surface area contributed by atoms with Crippen molar-refractivity contribution in [2.45, 2.75) is 26.7 Å². The largest absolute Gasteiger partial charge is 0.506 e. The van der Waals surface area contributed by atoms with E-state index < -0.39 is 10.2 Å². The third kappa shape index (κ3) is 3.39. The summed E-state index contributed by atoms with van der Waals surface area (Å²) in [4.78, 5) is 0. The van der Waals surface area contributed by atoms with Crippen LogP contribution < -0.4 is 4.72 Å². The number of hydrogen-bond acceptors (Lipinski definition) is 3. The van der Waals surface area contributed by atoms with Crippen molar-refractivity contribution in [2.24, 2.45) is 5.92 Å². The second kappa shape index (κ2) is 5.38. The maximum Gasteiger partial charge on any atom is 0.301 e. The van der Waals surface area contributed by atoms with Crippen LogP contribution in [0.1, 0.15) is 25.3 Å². The van der Waals surface area contributed by atoms with Crippen LogP contribution in [0, 0.1) is 12.8 Å². The Balaban J connectivity index is 2.16. The van der Waals surface area contributed by atoms with E-state index in [-0.39, 0.29) is 11.4 Å². The summed E-state index contributed by atoms with van der Waals surface area (Å²) in [5.74, 6) is 0.325. The van der Waals surface area contributed by atoms with Crippen LogP contribution in [0.4, 0.5) is 5.69 Å². The van der Waals surface area contributed by atoms with Crippen LogP contribution in [0.2, 0.25) is 0 Å². The monoisotopic (exact) mass is 284 g/mol. The van der Waals surface area contributed by atoms with Crippen LogP contribution >= 0.6 is 0 Å². The molecule has 1 atom stereocenters. The summed E-state index contributed by atoms with van der Waals surface area (Å²) in [6.07, 6.45) is 1.93. The molecule has 0 bridgehead atoms.